The van der Waals surface area contributed by atoms with Crippen LogP contribution < -0.4 is 10.5 Å². The van der Waals surface area contributed by atoms with Crippen LogP contribution in [0.15, 0.2) is 45.6 Å². The Morgan fingerprint density at radius 3 is 2.75 bits per heavy atom. The second kappa shape index (κ2) is 5.71. The number of imidazole rings is 1. The molecule has 0 aliphatic carbocycles. The summed E-state index contributed by atoms with van der Waals surface area (Å²) in [7, 11) is 2.01. The largest absolute Gasteiger partial charge is 0.422 e. The minimum atomic E-state index is -0.307. The van der Waals surface area contributed by atoms with E-state index >= 15 is 0 Å². The number of aryl methyl sites for hydroxylation is 3. The smallest absolute Gasteiger partial charge is 0.336 e. The maximum Gasteiger partial charge on any atom is 0.336 e. The van der Waals surface area contributed by atoms with Crippen molar-refractivity contribution in [1.29, 1.82) is 0 Å². The van der Waals surface area contributed by atoms with Crippen molar-refractivity contribution in [2.24, 2.45) is 7.05 Å². The molecule has 0 amide bonds. The molecule has 140 valence electrons. The van der Waals surface area contributed by atoms with Gasteiger partial charge in [0.2, 0.25) is 0 Å². The Labute approximate surface area is 162 Å². The van der Waals surface area contributed by atoms with Crippen LogP contribution >= 0.6 is 0 Å². The number of hydrogen-bond acceptors (Lipinski definition) is 4. The van der Waals surface area contributed by atoms with Crippen LogP contribution in [0.3, 0.4) is 0 Å². The van der Waals surface area contributed by atoms with E-state index in [0.717, 1.165) is 65.7 Å². The molecule has 2 aromatic heterocycles. The summed E-state index contributed by atoms with van der Waals surface area (Å²) in [6.07, 6.45) is 4.32. The van der Waals surface area contributed by atoms with Crippen LogP contribution in [-0.2, 0) is 19.9 Å². The minimum Gasteiger partial charge on any atom is -0.422 e. The molecule has 6 rings (SSSR count). The number of para-hydroxylation sites is 2. The van der Waals surface area contributed by atoms with Crippen LogP contribution in [0.2, 0.25) is 0 Å². The molecule has 4 heterocycles. The van der Waals surface area contributed by atoms with Crippen molar-refractivity contribution in [3.63, 3.8) is 0 Å². The molecule has 0 fully saturated rings. The lowest BCUT2D eigenvalue weighted by Gasteiger charge is -2.37. The molecule has 0 spiro atoms. The number of anilines is 1. The van der Waals surface area contributed by atoms with Gasteiger partial charge in [-0.05, 0) is 49.4 Å². The number of fused-ring (bicyclic) bond motifs is 3. The SMILES string of the molecule is Cn1c(-c2cc(=O)oc3c4c5c(cc23)CCCN5CCC4)nc2ccccc21. The summed E-state index contributed by atoms with van der Waals surface area (Å²) in [6.45, 7) is 2.19. The van der Waals surface area contributed by atoms with Crippen LogP contribution in [-0.4, -0.2) is 22.6 Å². The number of benzene rings is 2. The summed E-state index contributed by atoms with van der Waals surface area (Å²) in [5.41, 5.74) is 7.20. The molecule has 2 aliphatic rings. The zero-order valence-electron chi connectivity index (χ0n) is 15.9. The number of nitrogens with zero attached hydrogens (tertiary/aromatic N) is 3. The summed E-state index contributed by atoms with van der Waals surface area (Å²) < 4.78 is 7.86. The molecule has 0 saturated heterocycles. The van der Waals surface area contributed by atoms with E-state index in [1.807, 2.05) is 25.2 Å². The highest BCUT2D eigenvalue weighted by Gasteiger charge is 2.28. The molecule has 0 bridgehead atoms. The van der Waals surface area contributed by atoms with E-state index in [4.69, 9.17) is 9.40 Å². The zero-order chi connectivity index (χ0) is 18.8. The van der Waals surface area contributed by atoms with E-state index in [9.17, 15) is 4.79 Å². The van der Waals surface area contributed by atoms with Gasteiger partial charge in [-0.2, -0.15) is 0 Å². The first kappa shape index (κ1) is 15.9. The summed E-state index contributed by atoms with van der Waals surface area (Å²) in [5.74, 6) is 0.815. The second-order valence-electron chi connectivity index (χ2n) is 7.90. The highest BCUT2D eigenvalue weighted by atomic mass is 16.4. The van der Waals surface area contributed by atoms with Gasteiger partial charge in [-0.15, -0.1) is 0 Å². The fraction of sp³-hybridized carbons (Fsp3) is 0.304. The molecule has 0 saturated carbocycles. The van der Waals surface area contributed by atoms with Gasteiger partial charge in [-0.3, -0.25) is 0 Å². The Morgan fingerprint density at radius 2 is 1.89 bits per heavy atom. The van der Waals surface area contributed by atoms with Crippen molar-refractivity contribution in [1.82, 2.24) is 9.55 Å². The predicted molar refractivity (Wildman–Crippen MR) is 111 cm³/mol. The standard InChI is InChI=1S/C23H21N3O2/c1-25-19-9-3-2-8-18(19)24-23(25)17-13-20(27)28-22-15-7-5-11-26-10-4-6-14(21(15)26)12-16(17)22/h2-3,8-9,12-13H,4-7,10-11H2,1H3. The quantitative estimate of drug-likeness (QED) is 0.474. The third-order valence-corrected chi connectivity index (χ3v) is 6.26. The van der Waals surface area contributed by atoms with Crippen LogP contribution in [0, 0.1) is 0 Å². The van der Waals surface area contributed by atoms with Gasteiger partial charge in [0.05, 0.1) is 11.0 Å². The van der Waals surface area contributed by atoms with Gasteiger partial charge < -0.3 is 13.9 Å². The monoisotopic (exact) mass is 371 g/mol. The third-order valence-electron chi connectivity index (χ3n) is 6.26. The van der Waals surface area contributed by atoms with Crippen LogP contribution in [0.25, 0.3) is 33.4 Å². The molecule has 0 N–H and O–H groups in total. The minimum absolute atomic E-state index is 0.307. The summed E-state index contributed by atoms with van der Waals surface area (Å²) in [6, 6.07) is 11.9. The Hall–Kier alpha value is -3.08. The highest BCUT2D eigenvalue weighted by molar-refractivity contribution is 5.98. The first-order valence-corrected chi connectivity index (χ1v) is 10.00. The van der Waals surface area contributed by atoms with Crippen LogP contribution in [0.1, 0.15) is 24.0 Å². The van der Waals surface area contributed by atoms with E-state index in [1.54, 1.807) is 6.07 Å². The topological polar surface area (TPSA) is 51.3 Å². The van der Waals surface area contributed by atoms with E-state index < -0.39 is 0 Å². The van der Waals surface area contributed by atoms with Crippen molar-refractivity contribution in [3.05, 3.63) is 57.9 Å². The van der Waals surface area contributed by atoms with Gasteiger partial charge >= 0.3 is 5.63 Å². The zero-order valence-corrected chi connectivity index (χ0v) is 15.9. The van der Waals surface area contributed by atoms with E-state index in [-0.39, 0.29) is 5.63 Å². The normalized spacial score (nSPS) is 16.0. The lowest BCUT2D eigenvalue weighted by molar-refractivity contribution is 0.550. The highest BCUT2D eigenvalue weighted by Crippen LogP contribution is 2.42. The maximum atomic E-state index is 12.5. The fourth-order valence-corrected chi connectivity index (χ4v) is 5.04. The average molecular weight is 371 g/mol. The van der Waals surface area contributed by atoms with Crippen molar-refractivity contribution < 1.29 is 4.42 Å². The molecule has 4 aromatic rings. The molecule has 5 nitrogen and oxygen atoms in total. The fourth-order valence-electron chi connectivity index (χ4n) is 5.04. The van der Waals surface area contributed by atoms with E-state index in [2.05, 4.69) is 21.6 Å². The molecule has 2 aromatic carbocycles. The molecule has 0 unspecified atom stereocenters. The lowest BCUT2D eigenvalue weighted by atomic mass is 9.89. The van der Waals surface area contributed by atoms with Gasteiger partial charge in [-0.25, -0.2) is 9.78 Å². The van der Waals surface area contributed by atoms with Gasteiger partial charge in [0.15, 0.2) is 0 Å². The Kier molecular flexibility index (Phi) is 3.25. The molecule has 28 heavy (non-hydrogen) atoms. The maximum absolute atomic E-state index is 12.5. The van der Waals surface area contributed by atoms with Gasteiger partial charge in [0.1, 0.15) is 11.4 Å². The Morgan fingerprint density at radius 1 is 1.07 bits per heavy atom. The Balaban J connectivity index is 1.72. The molecular formula is C23H21N3O2. The average Bonchev–Trinajstić information content (AvgIpc) is 3.05. The molecule has 0 radical (unpaired) electrons. The first-order valence-electron chi connectivity index (χ1n) is 10.00. The Bertz CT molecular complexity index is 1310. The van der Waals surface area contributed by atoms with Crippen LogP contribution in [0.4, 0.5) is 5.69 Å². The van der Waals surface area contributed by atoms with Crippen molar-refractivity contribution in [2.45, 2.75) is 25.7 Å². The summed E-state index contributed by atoms with van der Waals surface area (Å²) in [5, 5.41) is 1.01. The number of aromatic nitrogens is 2. The number of rotatable bonds is 1. The van der Waals surface area contributed by atoms with Crippen molar-refractivity contribution >= 4 is 27.7 Å². The van der Waals surface area contributed by atoms with Crippen LogP contribution in [0.5, 0.6) is 0 Å². The van der Waals surface area contributed by atoms with Crippen molar-refractivity contribution in [3.8, 4) is 11.4 Å². The third kappa shape index (κ3) is 2.13. The lowest BCUT2D eigenvalue weighted by Crippen LogP contribution is -2.34. The number of hydrogen-bond donors (Lipinski definition) is 0. The summed E-state index contributed by atoms with van der Waals surface area (Å²) >= 11 is 0. The van der Waals surface area contributed by atoms with Crippen molar-refractivity contribution in [2.75, 3.05) is 18.0 Å². The second-order valence-corrected chi connectivity index (χ2v) is 7.90. The molecule has 0 atom stereocenters. The molecule has 2 aliphatic heterocycles. The van der Waals surface area contributed by atoms with Gasteiger partial charge in [0, 0.05) is 48.4 Å². The van der Waals surface area contributed by atoms with Gasteiger partial charge in [-0.1, -0.05) is 12.1 Å². The van der Waals surface area contributed by atoms with Gasteiger partial charge in [0.25, 0.3) is 0 Å². The first-order chi connectivity index (χ1) is 13.7. The molecular weight excluding hydrogens is 350 g/mol. The van der Waals surface area contributed by atoms with E-state index in [0.29, 0.717) is 0 Å². The van der Waals surface area contributed by atoms with E-state index in [1.165, 1.54) is 23.2 Å². The molecule has 5 heteroatoms. The summed E-state index contributed by atoms with van der Waals surface area (Å²) in [4.78, 5) is 19.8. The predicted octanol–water partition coefficient (Wildman–Crippen LogP) is 4.05.